The summed E-state index contributed by atoms with van der Waals surface area (Å²) < 4.78 is 4.91. The average Bonchev–Trinajstić information content (AvgIpc) is 2.40. The summed E-state index contributed by atoms with van der Waals surface area (Å²) in [6.45, 7) is 10.8. The molecule has 0 rings (SSSR count). The normalized spacial score (nSPS) is 12.8. The second kappa shape index (κ2) is 18.9. The zero-order valence-electron chi connectivity index (χ0n) is 13.9. The number of esters is 1. The Hall–Kier alpha value is -1.13. The van der Waals surface area contributed by atoms with Crippen molar-refractivity contribution < 1.29 is 19.4 Å². The molecule has 1 N–H and O–H groups in total. The van der Waals surface area contributed by atoms with Gasteiger partial charge < -0.3 is 9.84 Å². The van der Waals surface area contributed by atoms with Crippen molar-refractivity contribution >= 4 is 22.8 Å². The molecule has 0 radical (unpaired) electrons. The lowest BCUT2D eigenvalue weighted by atomic mass is 10.3. The molecular formula is C16H29ClO4. The summed E-state index contributed by atoms with van der Waals surface area (Å²) in [6.07, 6.45) is 7.77. The van der Waals surface area contributed by atoms with Crippen LogP contribution in [0.2, 0.25) is 0 Å². The fourth-order valence-electron chi connectivity index (χ4n) is 0.879. The number of hydrogen-bond donors (Lipinski definition) is 1. The van der Waals surface area contributed by atoms with Crippen LogP contribution in [-0.4, -0.2) is 28.5 Å². The van der Waals surface area contributed by atoms with Crippen LogP contribution in [0.3, 0.4) is 0 Å². The van der Waals surface area contributed by atoms with Gasteiger partial charge in [-0.1, -0.05) is 32.1 Å². The highest BCUT2D eigenvalue weighted by Crippen LogP contribution is 1.95. The average molecular weight is 321 g/mol. The molecule has 0 aliphatic heterocycles. The summed E-state index contributed by atoms with van der Waals surface area (Å²) >= 11 is 4.82. The van der Waals surface area contributed by atoms with Gasteiger partial charge in [-0.3, -0.25) is 9.59 Å². The molecule has 0 saturated heterocycles. The van der Waals surface area contributed by atoms with E-state index in [1.807, 2.05) is 39.0 Å². The van der Waals surface area contributed by atoms with Crippen LogP contribution in [0.25, 0.3) is 0 Å². The number of allylic oxidation sites excluding steroid dienone is 2. The number of halogens is 1. The number of carbonyl (C=O) groups is 2. The lowest BCUT2D eigenvalue weighted by molar-refractivity contribution is -0.145. The first-order valence-electron chi connectivity index (χ1n) is 7.06. The highest BCUT2D eigenvalue weighted by atomic mass is 35.5. The molecule has 0 aliphatic rings. The van der Waals surface area contributed by atoms with Crippen molar-refractivity contribution in [1.29, 1.82) is 0 Å². The molecule has 0 bridgehead atoms. The number of aliphatic hydroxyl groups excluding tert-OH is 1. The van der Waals surface area contributed by atoms with E-state index in [4.69, 9.17) is 21.4 Å². The summed E-state index contributed by atoms with van der Waals surface area (Å²) in [7, 11) is 0. The minimum absolute atomic E-state index is 0.0857. The van der Waals surface area contributed by atoms with Gasteiger partial charge in [-0.15, -0.1) is 0 Å². The van der Waals surface area contributed by atoms with Crippen LogP contribution in [0, 0.1) is 0 Å². The van der Waals surface area contributed by atoms with E-state index in [-0.39, 0.29) is 23.4 Å². The number of aliphatic hydroxyl groups is 1. The monoisotopic (exact) mass is 320 g/mol. The number of ether oxygens (including phenoxy) is 1. The van der Waals surface area contributed by atoms with Crippen LogP contribution >= 0.6 is 11.6 Å². The summed E-state index contributed by atoms with van der Waals surface area (Å²) in [5.41, 5.74) is 0. The summed E-state index contributed by atoms with van der Waals surface area (Å²) in [5, 5.41) is 8.19. The maximum absolute atomic E-state index is 10.6. The van der Waals surface area contributed by atoms with Crippen molar-refractivity contribution in [1.82, 2.24) is 0 Å². The van der Waals surface area contributed by atoms with Crippen LogP contribution in [0.1, 0.15) is 54.4 Å². The van der Waals surface area contributed by atoms with Crippen LogP contribution in [0.5, 0.6) is 0 Å². The summed E-state index contributed by atoms with van der Waals surface area (Å²) in [4.78, 5) is 20.2. The van der Waals surface area contributed by atoms with E-state index >= 15 is 0 Å². The topological polar surface area (TPSA) is 63.6 Å². The van der Waals surface area contributed by atoms with Gasteiger partial charge in [0.05, 0.1) is 6.10 Å². The van der Waals surface area contributed by atoms with Crippen molar-refractivity contribution in [3.63, 3.8) is 0 Å². The number of rotatable bonds is 5. The molecule has 0 aliphatic carbocycles. The van der Waals surface area contributed by atoms with Gasteiger partial charge in [0.2, 0.25) is 5.24 Å². The van der Waals surface area contributed by atoms with Crippen molar-refractivity contribution in [2.75, 3.05) is 0 Å². The van der Waals surface area contributed by atoms with Crippen molar-refractivity contribution in [2.24, 2.45) is 0 Å². The largest absolute Gasteiger partial charge is 0.458 e. The molecule has 4 nitrogen and oxygen atoms in total. The highest BCUT2D eigenvalue weighted by Gasteiger charge is 2.01. The van der Waals surface area contributed by atoms with Crippen molar-refractivity contribution in [3.05, 3.63) is 24.3 Å². The standard InChI is InChI=1S/C8H14O2.C5H10O.C3H5ClO/c1-4-6-7(3)10-8(9)5-2;1-3-4-5(2)6;1-2-3(4)5/h4,6-7H,5H2,1-3H3;3-6H,1-2H3;2H2,1H3/b6-4+;4-3+;. The van der Waals surface area contributed by atoms with Gasteiger partial charge in [0.1, 0.15) is 6.10 Å². The van der Waals surface area contributed by atoms with E-state index < -0.39 is 0 Å². The molecule has 0 aromatic carbocycles. The smallest absolute Gasteiger partial charge is 0.306 e. The maximum Gasteiger partial charge on any atom is 0.306 e. The second-order valence-corrected chi connectivity index (χ2v) is 4.47. The van der Waals surface area contributed by atoms with E-state index in [2.05, 4.69) is 0 Å². The lowest BCUT2D eigenvalue weighted by Gasteiger charge is -2.06. The van der Waals surface area contributed by atoms with Crippen molar-refractivity contribution in [2.45, 2.75) is 66.6 Å². The Morgan fingerprint density at radius 3 is 1.71 bits per heavy atom. The molecule has 0 spiro atoms. The third kappa shape index (κ3) is 32.4. The van der Waals surface area contributed by atoms with Gasteiger partial charge in [0.25, 0.3) is 0 Å². The molecule has 0 aromatic rings. The van der Waals surface area contributed by atoms with Crippen LogP contribution in [0.15, 0.2) is 24.3 Å². The quantitative estimate of drug-likeness (QED) is 0.472. The number of carbonyl (C=O) groups excluding carboxylic acids is 2. The van der Waals surface area contributed by atoms with Crippen LogP contribution in [0.4, 0.5) is 0 Å². The van der Waals surface area contributed by atoms with Gasteiger partial charge >= 0.3 is 5.97 Å². The van der Waals surface area contributed by atoms with Crippen LogP contribution < -0.4 is 0 Å². The Kier molecular flexibility index (Phi) is 22.3. The minimum atomic E-state index is -0.282. The third-order valence-corrected chi connectivity index (χ3v) is 2.09. The summed E-state index contributed by atoms with van der Waals surface area (Å²) in [5.74, 6) is -0.148. The molecule has 0 amide bonds. The van der Waals surface area contributed by atoms with Gasteiger partial charge in [0.15, 0.2) is 0 Å². The van der Waals surface area contributed by atoms with Gasteiger partial charge in [-0.25, -0.2) is 0 Å². The van der Waals surface area contributed by atoms with Gasteiger partial charge in [0, 0.05) is 12.8 Å². The van der Waals surface area contributed by atoms with Crippen molar-refractivity contribution in [3.8, 4) is 0 Å². The molecule has 2 atom stereocenters. The summed E-state index contributed by atoms with van der Waals surface area (Å²) in [6, 6.07) is 0. The van der Waals surface area contributed by atoms with E-state index in [1.54, 1.807) is 26.8 Å². The molecular weight excluding hydrogens is 292 g/mol. The molecule has 21 heavy (non-hydrogen) atoms. The predicted octanol–water partition coefficient (Wildman–Crippen LogP) is 4.01. The highest BCUT2D eigenvalue weighted by molar-refractivity contribution is 6.63. The molecule has 0 fully saturated rings. The van der Waals surface area contributed by atoms with Gasteiger partial charge in [-0.05, 0) is 45.4 Å². The Bertz CT molecular complexity index is 309. The molecule has 2 unspecified atom stereocenters. The van der Waals surface area contributed by atoms with E-state index in [9.17, 15) is 9.59 Å². The fraction of sp³-hybridized carbons (Fsp3) is 0.625. The van der Waals surface area contributed by atoms with Crippen LogP contribution in [-0.2, 0) is 14.3 Å². The zero-order valence-corrected chi connectivity index (χ0v) is 14.7. The molecule has 124 valence electrons. The first-order chi connectivity index (χ1) is 9.74. The Balaban J connectivity index is -0.000000252. The lowest BCUT2D eigenvalue weighted by Crippen LogP contribution is -2.10. The molecule has 0 heterocycles. The maximum atomic E-state index is 10.6. The fourth-order valence-corrected chi connectivity index (χ4v) is 0.879. The van der Waals surface area contributed by atoms with E-state index in [1.165, 1.54) is 0 Å². The first kappa shape index (κ1) is 24.9. The SMILES string of the molecule is C/C=C/C(C)O.C/C=C/C(C)OC(=O)CC.CCC(=O)Cl. The predicted molar refractivity (Wildman–Crippen MR) is 88.3 cm³/mol. The number of hydrogen-bond acceptors (Lipinski definition) is 4. The molecule has 0 saturated carbocycles. The van der Waals surface area contributed by atoms with Gasteiger partial charge in [-0.2, -0.15) is 0 Å². The van der Waals surface area contributed by atoms with E-state index in [0.717, 1.165) is 0 Å². The first-order valence-corrected chi connectivity index (χ1v) is 7.44. The Morgan fingerprint density at radius 2 is 1.52 bits per heavy atom. The Morgan fingerprint density at radius 1 is 1.10 bits per heavy atom. The third-order valence-electron chi connectivity index (χ3n) is 1.82. The second-order valence-electron chi connectivity index (χ2n) is 4.05. The molecule has 0 aromatic heterocycles. The Labute approximate surface area is 133 Å². The van der Waals surface area contributed by atoms with E-state index in [0.29, 0.717) is 12.8 Å². The minimum Gasteiger partial charge on any atom is -0.458 e. The molecule has 5 heteroatoms. The zero-order chi connectivity index (χ0) is 17.3.